The monoisotopic (exact) mass is 479 g/mol. The Balaban J connectivity index is 2.36. The van der Waals surface area contributed by atoms with E-state index in [1.807, 2.05) is 19.1 Å². The number of aryl methyl sites for hydroxylation is 1. The molecule has 0 saturated heterocycles. The minimum absolute atomic E-state index is 0.264. The molecule has 0 heterocycles. The first-order valence-corrected chi connectivity index (χ1v) is 8.28. The number of nitrogens with one attached hydrogen (secondary N) is 1. The molecule has 110 valence electrons. The summed E-state index contributed by atoms with van der Waals surface area (Å²) in [7, 11) is 1.55. The lowest BCUT2D eigenvalue weighted by Gasteiger charge is -2.13. The van der Waals surface area contributed by atoms with Crippen molar-refractivity contribution in [2.45, 2.75) is 6.92 Å². The first kappa shape index (κ1) is 16.6. The van der Waals surface area contributed by atoms with Crippen molar-refractivity contribution in [1.82, 2.24) is 0 Å². The third-order valence-electron chi connectivity index (χ3n) is 2.87. The second kappa shape index (κ2) is 6.98. The fraction of sp³-hybridized carbons (Fsp3) is 0.133. The van der Waals surface area contributed by atoms with E-state index < -0.39 is 0 Å². The number of ether oxygens (including phenoxy) is 1. The van der Waals surface area contributed by atoms with Crippen molar-refractivity contribution in [2.75, 3.05) is 12.4 Å². The van der Waals surface area contributed by atoms with Crippen molar-refractivity contribution in [3.63, 3.8) is 0 Å². The van der Waals surface area contributed by atoms with Crippen LogP contribution in [0.2, 0.25) is 5.02 Å². The van der Waals surface area contributed by atoms with Crippen LogP contribution in [0.3, 0.4) is 0 Å². The van der Waals surface area contributed by atoms with E-state index >= 15 is 0 Å². The van der Waals surface area contributed by atoms with Gasteiger partial charge in [-0.15, -0.1) is 0 Å². The highest BCUT2D eigenvalue weighted by Gasteiger charge is 2.16. The zero-order valence-corrected chi connectivity index (χ0v) is 15.8. The molecule has 0 atom stereocenters. The Kier molecular flexibility index (Phi) is 5.51. The number of anilines is 1. The summed E-state index contributed by atoms with van der Waals surface area (Å²) in [5, 5.41) is 3.31. The van der Waals surface area contributed by atoms with Gasteiger partial charge in [-0.05, 0) is 65.4 Å². The summed E-state index contributed by atoms with van der Waals surface area (Å²) < 4.78 is 7.15. The van der Waals surface area contributed by atoms with Crippen LogP contribution in [0.4, 0.5) is 5.69 Å². The molecular formula is C15H12BrClINO2. The molecule has 2 rings (SSSR count). The Morgan fingerprint density at radius 3 is 2.67 bits per heavy atom. The van der Waals surface area contributed by atoms with E-state index in [9.17, 15) is 4.79 Å². The van der Waals surface area contributed by atoms with E-state index in [4.69, 9.17) is 16.3 Å². The average Bonchev–Trinajstić information content (AvgIpc) is 2.41. The van der Waals surface area contributed by atoms with Crippen LogP contribution in [0.15, 0.2) is 34.8 Å². The highest BCUT2D eigenvalue weighted by molar-refractivity contribution is 14.1. The molecule has 0 fully saturated rings. The molecule has 0 radical (unpaired) electrons. The molecule has 2 aromatic carbocycles. The lowest BCUT2D eigenvalue weighted by atomic mass is 10.1. The minimum atomic E-state index is -0.264. The molecule has 0 aliphatic carbocycles. The summed E-state index contributed by atoms with van der Waals surface area (Å²) in [6, 6.07) is 9.07. The van der Waals surface area contributed by atoms with Gasteiger partial charge >= 0.3 is 0 Å². The van der Waals surface area contributed by atoms with Crippen LogP contribution in [0, 0.1) is 10.5 Å². The number of carbonyl (C=O) groups excluding carboxylic acids is 1. The number of halogens is 3. The van der Waals surface area contributed by atoms with Crippen LogP contribution in [0.5, 0.6) is 5.75 Å². The molecule has 6 heteroatoms. The molecule has 0 unspecified atom stereocenters. The Labute approximate surface area is 150 Å². The first-order valence-electron chi connectivity index (χ1n) is 6.03. The molecule has 2 aromatic rings. The van der Waals surface area contributed by atoms with E-state index in [1.165, 1.54) is 0 Å². The maximum atomic E-state index is 12.5. The van der Waals surface area contributed by atoms with E-state index in [-0.39, 0.29) is 5.91 Å². The van der Waals surface area contributed by atoms with Gasteiger partial charge in [0, 0.05) is 8.04 Å². The molecule has 0 bridgehead atoms. The molecule has 0 aliphatic heterocycles. The van der Waals surface area contributed by atoms with Crippen LogP contribution >= 0.6 is 50.1 Å². The topological polar surface area (TPSA) is 38.3 Å². The van der Waals surface area contributed by atoms with Gasteiger partial charge in [0.1, 0.15) is 5.75 Å². The molecule has 0 saturated carbocycles. The van der Waals surface area contributed by atoms with Gasteiger partial charge in [0.25, 0.3) is 5.91 Å². The van der Waals surface area contributed by atoms with Gasteiger partial charge in [0.15, 0.2) is 0 Å². The van der Waals surface area contributed by atoms with Gasteiger partial charge in [-0.1, -0.05) is 27.5 Å². The number of rotatable bonds is 3. The molecule has 0 aliphatic rings. The highest BCUT2D eigenvalue weighted by Crippen LogP contribution is 2.30. The van der Waals surface area contributed by atoms with Gasteiger partial charge in [0.2, 0.25) is 0 Å². The van der Waals surface area contributed by atoms with Crippen molar-refractivity contribution < 1.29 is 9.53 Å². The Hall–Kier alpha value is -0.790. The minimum Gasteiger partial charge on any atom is -0.496 e. The predicted molar refractivity (Wildman–Crippen MR) is 97.6 cm³/mol. The smallest absolute Gasteiger partial charge is 0.259 e. The van der Waals surface area contributed by atoms with Crippen LogP contribution in [-0.4, -0.2) is 13.0 Å². The van der Waals surface area contributed by atoms with E-state index in [2.05, 4.69) is 43.8 Å². The Morgan fingerprint density at radius 1 is 1.33 bits per heavy atom. The van der Waals surface area contributed by atoms with Gasteiger partial charge in [-0.2, -0.15) is 0 Å². The average molecular weight is 481 g/mol. The SMILES string of the molecule is COc1c(C)cc(Br)cc1C(=O)Nc1ccc(I)cc1Cl. The number of amides is 1. The van der Waals surface area contributed by atoms with E-state index in [0.717, 1.165) is 13.6 Å². The zero-order valence-electron chi connectivity index (χ0n) is 11.3. The van der Waals surface area contributed by atoms with Crippen molar-refractivity contribution in [3.8, 4) is 5.75 Å². The third-order valence-corrected chi connectivity index (χ3v) is 4.31. The number of benzene rings is 2. The predicted octanol–water partition coefficient (Wildman–Crippen LogP) is 5.28. The summed E-state index contributed by atoms with van der Waals surface area (Å²) in [6.07, 6.45) is 0. The van der Waals surface area contributed by atoms with Crippen molar-refractivity contribution in [2.24, 2.45) is 0 Å². The van der Waals surface area contributed by atoms with Crippen LogP contribution in [-0.2, 0) is 0 Å². The molecule has 3 nitrogen and oxygen atoms in total. The van der Waals surface area contributed by atoms with Crippen molar-refractivity contribution in [3.05, 3.63) is 54.5 Å². The summed E-state index contributed by atoms with van der Waals surface area (Å²) >= 11 is 11.7. The van der Waals surface area contributed by atoms with Gasteiger partial charge in [-0.3, -0.25) is 4.79 Å². The van der Waals surface area contributed by atoms with Gasteiger partial charge < -0.3 is 10.1 Å². The van der Waals surface area contributed by atoms with Crippen LogP contribution in [0.1, 0.15) is 15.9 Å². The number of hydrogen-bond acceptors (Lipinski definition) is 2. The maximum absolute atomic E-state index is 12.5. The van der Waals surface area contributed by atoms with E-state index in [1.54, 1.807) is 25.3 Å². The lowest BCUT2D eigenvalue weighted by Crippen LogP contribution is -2.14. The Morgan fingerprint density at radius 2 is 2.05 bits per heavy atom. The second-order valence-corrected chi connectivity index (χ2v) is 6.95. The number of methoxy groups -OCH3 is 1. The highest BCUT2D eigenvalue weighted by atomic mass is 127. The largest absolute Gasteiger partial charge is 0.496 e. The number of carbonyl (C=O) groups is 1. The maximum Gasteiger partial charge on any atom is 0.259 e. The zero-order chi connectivity index (χ0) is 15.6. The quantitative estimate of drug-likeness (QED) is 0.608. The normalized spacial score (nSPS) is 10.3. The fourth-order valence-corrected chi connectivity index (χ4v) is 3.43. The van der Waals surface area contributed by atoms with Gasteiger partial charge in [-0.25, -0.2) is 0 Å². The first-order chi connectivity index (χ1) is 9.92. The molecule has 0 spiro atoms. The van der Waals surface area contributed by atoms with E-state index in [0.29, 0.717) is 22.0 Å². The molecule has 21 heavy (non-hydrogen) atoms. The summed E-state index contributed by atoms with van der Waals surface area (Å²) in [6.45, 7) is 1.89. The summed E-state index contributed by atoms with van der Waals surface area (Å²) in [5.74, 6) is 0.289. The molecule has 1 N–H and O–H groups in total. The summed E-state index contributed by atoms with van der Waals surface area (Å²) in [5.41, 5.74) is 1.91. The molecular weight excluding hydrogens is 468 g/mol. The van der Waals surface area contributed by atoms with Crippen LogP contribution < -0.4 is 10.1 Å². The third kappa shape index (κ3) is 3.90. The second-order valence-electron chi connectivity index (χ2n) is 4.38. The van der Waals surface area contributed by atoms with Crippen molar-refractivity contribution >= 4 is 61.7 Å². The van der Waals surface area contributed by atoms with Crippen molar-refractivity contribution in [1.29, 1.82) is 0 Å². The number of hydrogen-bond donors (Lipinski definition) is 1. The lowest BCUT2D eigenvalue weighted by molar-refractivity contribution is 0.102. The fourth-order valence-electron chi connectivity index (χ4n) is 1.95. The standard InChI is InChI=1S/C15H12BrClINO2/c1-8-5-9(16)6-11(14(8)21-2)15(20)19-13-4-3-10(18)7-12(13)17/h3-7H,1-2H3,(H,19,20). The Bertz CT molecular complexity index is 706. The summed E-state index contributed by atoms with van der Waals surface area (Å²) in [4.78, 5) is 12.5. The van der Waals surface area contributed by atoms with Gasteiger partial charge in [0.05, 0.1) is 23.4 Å². The molecule has 0 aromatic heterocycles. The van der Waals surface area contributed by atoms with Crippen LogP contribution in [0.25, 0.3) is 0 Å². The molecule has 1 amide bonds.